The van der Waals surface area contributed by atoms with Gasteiger partial charge in [-0.15, -0.1) is 10.2 Å². The van der Waals surface area contributed by atoms with E-state index in [-0.39, 0.29) is 11.9 Å². The van der Waals surface area contributed by atoms with Crippen LogP contribution in [0.2, 0.25) is 10.0 Å². The van der Waals surface area contributed by atoms with Crippen LogP contribution in [0.15, 0.2) is 58.2 Å². The van der Waals surface area contributed by atoms with E-state index < -0.39 is 5.25 Å². The lowest BCUT2D eigenvalue weighted by molar-refractivity contribution is -0.120. The Morgan fingerprint density at radius 3 is 2.61 bits per heavy atom. The summed E-state index contributed by atoms with van der Waals surface area (Å²) in [5.41, 5.74) is 1.89. The Labute approximate surface area is 177 Å². The van der Waals surface area contributed by atoms with Crippen molar-refractivity contribution in [1.29, 1.82) is 0 Å². The summed E-state index contributed by atoms with van der Waals surface area (Å²) in [6.45, 7) is 3.66. The van der Waals surface area contributed by atoms with Crippen molar-refractivity contribution >= 4 is 40.9 Å². The first-order chi connectivity index (χ1) is 13.4. The van der Waals surface area contributed by atoms with Crippen LogP contribution in [0.5, 0.6) is 0 Å². The molecule has 0 fully saturated rings. The van der Waals surface area contributed by atoms with E-state index in [1.54, 1.807) is 25.1 Å². The normalized spacial score (nSPS) is 13.1. The van der Waals surface area contributed by atoms with Gasteiger partial charge in [0.15, 0.2) is 0 Å². The van der Waals surface area contributed by atoms with E-state index in [0.717, 1.165) is 11.1 Å². The molecule has 2 atom stereocenters. The minimum absolute atomic E-state index is 0.147. The Morgan fingerprint density at radius 1 is 1.14 bits per heavy atom. The molecule has 0 aliphatic carbocycles. The zero-order chi connectivity index (χ0) is 20.1. The maximum absolute atomic E-state index is 12.5. The molecule has 1 N–H and O–H groups in total. The number of benzene rings is 2. The van der Waals surface area contributed by atoms with Gasteiger partial charge in [0.05, 0.1) is 17.7 Å². The Bertz CT molecular complexity index is 950. The minimum atomic E-state index is -0.404. The zero-order valence-electron chi connectivity index (χ0n) is 15.4. The van der Waals surface area contributed by atoms with Crippen LogP contribution >= 0.6 is 35.0 Å². The summed E-state index contributed by atoms with van der Waals surface area (Å²) in [7, 11) is 0. The van der Waals surface area contributed by atoms with Gasteiger partial charge in [-0.05, 0) is 37.1 Å². The molecule has 1 aromatic heterocycles. The molecule has 0 bridgehead atoms. The highest BCUT2D eigenvalue weighted by atomic mass is 35.5. The van der Waals surface area contributed by atoms with Gasteiger partial charge < -0.3 is 9.73 Å². The predicted molar refractivity (Wildman–Crippen MR) is 112 cm³/mol. The van der Waals surface area contributed by atoms with E-state index in [1.807, 2.05) is 37.3 Å². The molecule has 0 aliphatic rings. The fourth-order valence-corrected chi connectivity index (χ4v) is 3.88. The van der Waals surface area contributed by atoms with Gasteiger partial charge in [-0.1, -0.05) is 71.4 Å². The molecule has 8 heteroatoms. The molecule has 0 radical (unpaired) electrons. The highest BCUT2D eigenvalue weighted by molar-refractivity contribution is 8.00. The number of halogens is 2. The maximum atomic E-state index is 12.5. The van der Waals surface area contributed by atoms with Crippen LogP contribution in [-0.2, 0) is 11.2 Å². The summed E-state index contributed by atoms with van der Waals surface area (Å²) >= 11 is 13.4. The monoisotopic (exact) mass is 435 g/mol. The van der Waals surface area contributed by atoms with Crippen molar-refractivity contribution < 1.29 is 9.21 Å². The average Bonchev–Trinajstić information content (AvgIpc) is 3.09. The Balaban J connectivity index is 1.57. The topological polar surface area (TPSA) is 68.0 Å². The number of hydrogen-bond acceptors (Lipinski definition) is 5. The Kier molecular flexibility index (Phi) is 6.99. The van der Waals surface area contributed by atoms with Crippen molar-refractivity contribution in [3.8, 4) is 0 Å². The first-order valence-electron chi connectivity index (χ1n) is 8.70. The lowest BCUT2D eigenvalue weighted by Gasteiger charge is -2.18. The van der Waals surface area contributed by atoms with Gasteiger partial charge >= 0.3 is 0 Å². The van der Waals surface area contributed by atoms with E-state index in [2.05, 4.69) is 15.5 Å². The zero-order valence-corrected chi connectivity index (χ0v) is 17.7. The second-order valence-corrected chi connectivity index (χ2v) is 8.42. The minimum Gasteiger partial charge on any atom is -0.416 e. The summed E-state index contributed by atoms with van der Waals surface area (Å²) in [6, 6.07) is 14.8. The third kappa shape index (κ3) is 5.50. The number of amides is 1. The molecule has 1 heterocycles. The lowest BCUT2D eigenvalue weighted by Crippen LogP contribution is -2.33. The Hall–Kier alpha value is -2.02. The largest absolute Gasteiger partial charge is 0.416 e. The SMILES string of the molecule is C[C@H](Sc1nnc(Cc2ccccc2)o1)C(=O)N[C@@H](C)c1ccc(Cl)cc1Cl. The molecule has 0 saturated carbocycles. The van der Waals surface area contributed by atoms with E-state index in [9.17, 15) is 4.79 Å². The van der Waals surface area contributed by atoms with Crippen LogP contribution < -0.4 is 5.32 Å². The molecule has 0 aliphatic heterocycles. The van der Waals surface area contributed by atoms with Gasteiger partial charge in [-0.25, -0.2) is 0 Å². The molecule has 1 amide bonds. The van der Waals surface area contributed by atoms with Crippen molar-refractivity contribution in [2.24, 2.45) is 0 Å². The van der Waals surface area contributed by atoms with Crippen molar-refractivity contribution in [1.82, 2.24) is 15.5 Å². The molecule has 0 spiro atoms. The van der Waals surface area contributed by atoms with Gasteiger partial charge in [0.2, 0.25) is 11.8 Å². The number of hydrogen-bond donors (Lipinski definition) is 1. The molecule has 5 nitrogen and oxygen atoms in total. The number of carbonyl (C=O) groups is 1. The van der Waals surface area contributed by atoms with Gasteiger partial charge in [0, 0.05) is 10.0 Å². The third-order valence-corrected chi connectivity index (χ3v) is 5.58. The van der Waals surface area contributed by atoms with E-state index in [0.29, 0.717) is 27.6 Å². The third-order valence-electron chi connectivity index (χ3n) is 4.08. The summed E-state index contributed by atoms with van der Waals surface area (Å²) in [4.78, 5) is 12.5. The first-order valence-corrected chi connectivity index (χ1v) is 10.3. The second kappa shape index (κ2) is 9.45. The van der Waals surface area contributed by atoms with Crippen LogP contribution in [0.1, 0.15) is 36.9 Å². The number of aromatic nitrogens is 2. The van der Waals surface area contributed by atoms with Crippen molar-refractivity contribution in [3.05, 3.63) is 75.6 Å². The van der Waals surface area contributed by atoms with Crippen LogP contribution in [0, 0.1) is 0 Å². The van der Waals surface area contributed by atoms with E-state index in [1.165, 1.54) is 11.8 Å². The molecule has 28 heavy (non-hydrogen) atoms. The highest BCUT2D eigenvalue weighted by Gasteiger charge is 2.21. The molecular formula is C20H19Cl2N3O2S. The first kappa shape index (κ1) is 20.7. The van der Waals surface area contributed by atoms with Gasteiger partial charge in [0.25, 0.3) is 5.22 Å². The maximum Gasteiger partial charge on any atom is 0.277 e. The number of thioether (sulfide) groups is 1. The fraction of sp³-hybridized carbons (Fsp3) is 0.250. The molecular weight excluding hydrogens is 417 g/mol. The quantitative estimate of drug-likeness (QED) is 0.508. The number of nitrogens with one attached hydrogen (secondary N) is 1. The lowest BCUT2D eigenvalue weighted by atomic mass is 10.1. The molecule has 2 aromatic carbocycles. The van der Waals surface area contributed by atoms with Crippen molar-refractivity contribution in [2.45, 2.75) is 36.8 Å². The second-order valence-electron chi connectivity index (χ2n) is 6.28. The molecule has 3 aromatic rings. The van der Waals surface area contributed by atoms with Crippen molar-refractivity contribution in [3.63, 3.8) is 0 Å². The molecule has 0 saturated heterocycles. The molecule has 0 unspecified atom stereocenters. The number of rotatable bonds is 7. The summed E-state index contributed by atoms with van der Waals surface area (Å²) in [5, 5.41) is 12.1. The van der Waals surface area contributed by atoms with E-state index in [4.69, 9.17) is 27.6 Å². The average molecular weight is 436 g/mol. The van der Waals surface area contributed by atoms with Crippen molar-refractivity contribution in [2.75, 3.05) is 0 Å². The van der Waals surface area contributed by atoms with Crippen LogP contribution in [0.3, 0.4) is 0 Å². The fourth-order valence-electron chi connectivity index (χ4n) is 2.59. The van der Waals surface area contributed by atoms with Crippen LogP contribution in [0.4, 0.5) is 0 Å². The van der Waals surface area contributed by atoms with Gasteiger partial charge in [0.1, 0.15) is 0 Å². The predicted octanol–water partition coefficient (Wildman–Crippen LogP) is 5.33. The smallest absolute Gasteiger partial charge is 0.277 e. The summed E-state index contributed by atoms with van der Waals surface area (Å²) < 4.78 is 5.66. The molecule has 146 valence electrons. The standard InChI is InChI=1S/C20H19Cl2N3O2S/c1-12(16-9-8-15(21)11-17(16)22)23-19(26)13(2)28-20-25-24-18(27-20)10-14-6-4-3-5-7-14/h3-9,11-13H,10H2,1-2H3,(H,23,26)/t12-,13-/m0/s1. The number of nitrogens with zero attached hydrogens (tertiary/aromatic N) is 2. The summed E-state index contributed by atoms with van der Waals surface area (Å²) in [5.74, 6) is 0.369. The van der Waals surface area contributed by atoms with Gasteiger partial charge in [-0.3, -0.25) is 4.79 Å². The van der Waals surface area contributed by atoms with E-state index >= 15 is 0 Å². The number of carbonyl (C=O) groups excluding carboxylic acids is 1. The van der Waals surface area contributed by atoms with Gasteiger partial charge in [-0.2, -0.15) is 0 Å². The van der Waals surface area contributed by atoms with Crippen LogP contribution in [-0.4, -0.2) is 21.4 Å². The summed E-state index contributed by atoms with van der Waals surface area (Å²) in [6.07, 6.45) is 0.557. The Morgan fingerprint density at radius 2 is 1.89 bits per heavy atom. The highest BCUT2D eigenvalue weighted by Crippen LogP contribution is 2.27. The van der Waals surface area contributed by atoms with Crippen LogP contribution in [0.25, 0.3) is 0 Å². The molecule has 3 rings (SSSR count).